The molecule has 0 aliphatic heterocycles. The van der Waals surface area contributed by atoms with E-state index in [9.17, 15) is 23.7 Å². The highest BCUT2D eigenvalue weighted by atomic mass is 19.1. The van der Waals surface area contributed by atoms with Crippen molar-refractivity contribution in [3.8, 4) is 0 Å². The van der Waals surface area contributed by atoms with Gasteiger partial charge in [0.1, 0.15) is 12.4 Å². The third kappa shape index (κ3) is 5.38. The first kappa shape index (κ1) is 18.1. The second kappa shape index (κ2) is 8.53. The topological polar surface area (TPSA) is 81.5 Å². The smallest absolute Gasteiger partial charge is 0.407 e. The molecule has 0 unspecified atom stereocenters. The van der Waals surface area contributed by atoms with E-state index in [1.165, 1.54) is 6.08 Å². The number of ether oxygens (including phenoxy) is 1. The molecule has 8 heteroatoms. The zero-order valence-electron chi connectivity index (χ0n) is 12.9. The minimum atomic E-state index is -1.26. The summed E-state index contributed by atoms with van der Waals surface area (Å²) in [5.74, 6) is -2.20. The van der Waals surface area contributed by atoms with Crippen LogP contribution in [0.4, 0.5) is 19.3 Å². The molecular weight excluding hydrogens is 334 g/mol. The number of rotatable bonds is 6. The van der Waals surface area contributed by atoms with Gasteiger partial charge in [-0.25, -0.2) is 9.18 Å². The third-order valence-electron chi connectivity index (χ3n) is 3.11. The van der Waals surface area contributed by atoms with Crippen molar-refractivity contribution in [3.05, 3.63) is 81.4 Å². The molecule has 0 spiro atoms. The van der Waals surface area contributed by atoms with Crippen LogP contribution in [0, 0.1) is 21.7 Å². The van der Waals surface area contributed by atoms with Crippen LogP contribution in [0.5, 0.6) is 0 Å². The average Bonchev–Trinajstić information content (AvgIpc) is 2.57. The van der Waals surface area contributed by atoms with E-state index >= 15 is 0 Å². The normalized spacial score (nSPS) is 10.6. The Balaban J connectivity index is 1.89. The van der Waals surface area contributed by atoms with Crippen molar-refractivity contribution < 1.29 is 23.2 Å². The van der Waals surface area contributed by atoms with Crippen molar-refractivity contribution in [3.63, 3.8) is 0 Å². The van der Waals surface area contributed by atoms with Crippen molar-refractivity contribution in [1.82, 2.24) is 5.32 Å². The van der Waals surface area contributed by atoms with Gasteiger partial charge in [0.05, 0.1) is 10.5 Å². The van der Waals surface area contributed by atoms with Gasteiger partial charge in [0.2, 0.25) is 5.82 Å². The molecule has 0 saturated heterocycles. The molecule has 2 aromatic carbocycles. The van der Waals surface area contributed by atoms with Crippen molar-refractivity contribution >= 4 is 17.9 Å². The van der Waals surface area contributed by atoms with Crippen LogP contribution in [0.25, 0.3) is 6.08 Å². The molecule has 1 N–H and O–H groups in total. The number of nitro groups is 1. The molecule has 25 heavy (non-hydrogen) atoms. The van der Waals surface area contributed by atoms with Gasteiger partial charge in [0, 0.05) is 12.6 Å². The fraction of sp³-hybridized carbons (Fsp3) is 0.118. The van der Waals surface area contributed by atoms with E-state index < -0.39 is 28.3 Å². The Morgan fingerprint density at radius 3 is 2.64 bits per heavy atom. The molecule has 130 valence electrons. The van der Waals surface area contributed by atoms with Gasteiger partial charge in [0.15, 0.2) is 0 Å². The molecule has 2 rings (SSSR count). The maximum atomic E-state index is 13.5. The summed E-state index contributed by atoms with van der Waals surface area (Å²) in [5.41, 5.74) is -0.245. The quantitative estimate of drug-likeness (QED) is 0.636. The molecule has 2 aromatic rings. The average molecular weight is 348 g/mol. The van der Waals surface area contributed by atoms with E-state index in [-0.39, 0.29) is 18.7 Å². The number of benzene rings is 2. The Morgan fingerprint density at radius 1 is 1.24 bits per heavy atom. The van der Waals surface area contributed by atoms with Crippen molar-refractivity contribution in [1.29, 1.82) is 0 Å². The van der Waals surface area contributed by atoms with Crippen molar-refractivity contribution in [2.75, 3.05) is 6.54 Å². The fourth-order valence-corrected chi connectivity index (χ4v) is 2.01. The molecule has 1 amide bonds. The zero-order chi connectivity index (χ0) is 18.2. The van der Waals surface area contributed by atoms with E-state index in [1.54, 1.807) is 12.1 Å². The fourth-order valence-electron chi connectivity index (χ4n) is 2.01. The molecule has 0 aromatic heterocycles. The molecule has 6 nitrogen and oxygen atoms in total. The lowest BCUT2D eigenvalue weighted by atomic mass is 10.1. The number of carbonyl (C=O) groups is 1. The van der Waals surface area contributed by atoms with Gasteiger partial charge < -0.3 is 10.1 Å². The van der Waals surface area contributed by atoms with Gasteiger partial charge >= 0.3 is 11.8 Å². The number of carbonyl (C=O) groups excluding carboxylic acids is 1. The Kier molecular flexibility index (Phi) is 6.16. The van der Waals surface area contributed by atoms with E-state index in [2.05, 4.69) is 5.32 Å². The predicted molar refractivity (Wildman–Crippen MR) is 86.7 cm³/mol. The Morgan fingerprint density at radius 2 is 1.96 bits per heavy atom. The number of hydrogen-bond donors (Lipinski definition) is 1. The summed E-state index contributed by atoms with van der Waals surface area (Å²) in [5, 5.41) is 13.2. The number of halogens is 2. The number of amides is 1. The summed E-state index contributed by atoms with van der Waals surface area (Å²) in [6.45, 7) is 0.0693. The Labute approximate surface area is 141 Å². The highest BCUT2D eigenvalue weighted by Gasteiger charge is 2.20. The van der Waals surface area contributed by atoms with Crippen LogP contribution in [0.15, 0.2) is 48.5 Å². The standard InChI is InChI=1S/C17H14F2N2O4/c18-14-9-13(16(21(23)24)15(19)10-14)7-4-8-20-17(22)25-11-12-5-2-1-3-6-12/h1-7,9-10H,8,11H2,(H,20,22). The maximum absolute atomic E-state index is 13.5. The minimum absolute atomic E-state index is 0.0249. The van der Waals surface area contributed by atoms with Gasteiger partial charge in [-0.05, 0) is 11.6 Å². The molecule has 0 radical (unpaired) electrons. The lowest BCUT2D eigenvalue weighted by Crippen LogP contribution is -2.24. The molecule has 0 heterocycles. The number of nitrogens with zero attached hydrogens (tertiary/aromatic N) is 1. The first-order valence-electron chi connectivity index (χ1n) is 7.22. The zero-order valence-corrected chi connectivity index (χ0v) is 12.9. The first-order valence-corrected chi connectivity index (χ1v) is 7.22. The molecule has 0 atom stereocenters. The SMILES string of the molecule is O=C(NCC=Cc1cc(F)cc(F)c1[N+](=O)[O-])OCc1ccccc1. The summed E-state index contributed by atoms with van der Waals surface area (Å²) in [6.07, 6.45) is 1.79. The Bertz CT molecular complexity index is 795. The van der Waals surface area contributed by atoms with Gasteiger partial charge in [0.25, 0.3) is 0 Å². The third-order valence-corrected chi connectivity index (χ3v) is 3.11. The maximum Gasteiger partial charge on any atom is 0.407 e. The molecule has 0 aliphatic carbocycles. The second-order valence-electron chi connectivity index (χ2n) is 4.93. The van der Waals surface area contributed by atoms with Crippen molar-refractivity contribution in [2.45, 2.75) is 6.61 Å². The minimum Gasteiger partial charge on any atom is -0.445 e. The number of hydrogen-bond acceptors (Lipinski definition) is 4. The molecule has 0 fully saturated rings. The lowest BCUT2D eigenvalue weighted by molar-refractivity contribution is -0.387. The first-order chi connectivity index (χ1) is 12.0. The summed E-state index contributed by atoms with van der Waals surface area (Å²) >= 11 is 0. The summed E-state index contributed by atoms with van der Waals surface area (Å²) in [7, 11) is 0. The number of nitrogens with one attached hydrogen (secondary N) is 1. The Hall–Kier alpha value is -3.29. The second-order valence-corrected chi connectivity index (χ2v) is 4.93. The predicted octanol–water partition coefficient (Wildman–Crippen LogP) is 3.81. The van der Waals surface area contributed by atoms with Gasteiger partial charge in [-0.1, -0.05) is 42.5 Å². The molecule has 0 aliphatic rings. The van der Waals surface area contributed by atoms with Gasteiger partial charge in [-0.15, -0.1) is 0 Å². The van der Waals surface area contributed by atoms with Crippen LogP contribution in [-0.2, 0) is 11.3 Å². The van der Waals surface area contributed by atoms with Crippen molar-refractivity contribution in [2.24, 2.45) is 0 Å². The van der Waals surface area contributed by atoms with Crippen LogP contribution in [0.1, 0.15) is 11.1 Å². The largest absolute Gasteiger partial charge is 0.445 e. The highest BCUT2D eigenvalue weighted by molar-refractivity contribution is 5.68. The summed E-state index contributed by atoms with van der Waals surface area (Å²) in [4.78, 5) is 21.4. The lowest BCUT2D eigenvalue weighted by Gasteiger charge is -2.05. The highest BCUT2D eigenvalue weighted by Crippen LogP contribution is 2.25. The van der Waals surface area contributed by atoms with E-state index in [1.807, 2.05) is 18.2 Å². The van der Waals surface area contributed by atoms with Crippen LogP contribution < -0.4 is 5.32 Å². The van der Waals surface area contributed by atoms with Crippen LogP contribution >= 0.6 is 0 Å². The number of alkyl carbamates (subject to hydrolysis) is 1. The van der Waals surface area contributed by atoms with Crippen LogP contribution in [0.2, 0.25) is 0 Å². The summed E-state index contributed by atoms with van der Waals surface area (Å²) in [6, 6.07) is 10.3. The number of nitro benzene ring substituents is 1. The molecule has 0 saturated carbocycles. The van der Waals surface area contributed by atoms with E-state index in [0.29, 0.717) is 6.07 Å². The van der Waals surface area contributed by atoms with Crippen LogP contribution in [-0.4, -0.2) is 17.6 Å². The van der Waals surface area contributed by atoms with Crippen LogP contribution in [0.3, 0.4) is 0 Å². The van der Waals surface area contributed by atoms with Gasteiger partial charge in [-0.2, -0.15) is 4.39 Å². The molecule has 0 bridgehead atoms. The monoisotopic (exact) mass is 348 g/mol. The molecular formula is C17H14F2N2O4. The summed E-state index contributed by atoms with van der Waals surface area (Å²) < 4.78 is 31.6. The van der Waals surface area contributed by atoms with E-state index in [4.69, 9.17) is 4.74 Å². The van der Waals surface area contributed by atoms with E-state index in [0.717, 1.165) is 17.7 Å². The van der Waals surface area contributed by atoms with Gasteiger partial charge in [-0.3, -0.25) is 10.1 Å².